The van der Waals surface area contributed by atoms with Gasteiger partial charge in [-0.2, -0.15) is 11.3 Å². The Morgan fingerprint density at radius 3 is 2.70 bits per heavy atom. The van der Waals surface area contributed by atoms with E-state index in [-0.39, 0.29) is 11.8 Å². The summed E-state index contributed by atoms with van der Waals surface area (Å²) in [6.45, 7) is 0. The highest BCUT2D eigenvalue weighted by Crippen LogP contribution is 2.27. The van der Waals surface area contributed by atoms with Gasteiger partial charge in [-0.3, -0.25) is 11.3 Å². The molecule has 3 N–H and O–H groups in total. The van der Waals surface area contributed by atoms with Gasteiger partial charge in [0.05, 0.1) is 6.04 Å². The van der Waals surface area contributed by atoms with Gasteiger partial charge < -0.3 is 4.74 Å². The number of hydrogen-bond acceptors (Lipinski definition) is 4. The molecule has 0 fully saturated rings. The van der Waals surface area contributed by atoms with Crippen LogP contribution in [-0.4, -0.2) is 6.36 Å². The normalized spacial score (nSPS) is 13.2. The van der Waals surface area contributed by atoms with Crippen LogP contribution in [0.5, 0.6) is 5.75 Å². The molecule has 1 aromatic heterocycles. The van der Waals surface area contributed by atoms with E-state index in [1.165, 1.54) is 18.2 Å². The van der Waals surface area contributed by atoms with Crippen LogP contribution in [0.2, 0.25) is 0 Å². The number of thiophene rings is 1. The summed E-state index contributed by atoms with van der Waals surface area (Å²) >= 11 is 1.56. The Morgan fingerprint density at radius 2 is 2.10 bits per heavy atom. The van der Waals surface area contributed by atoms with Gasteiger partial charge in [-0.15, -0.1) is 13.2 Å². The van der Waals surface area contributed by atoms with Crippen LogP contribution >= 0.6 is 11.3 Å². The number of nitrogens with two attached hydrogens (primary N) is 1. The molecular weight excluding hydrogens is 289 g/mol. The highest BCUT2D eigenvalue weighted by atomic mass is 32.1. The van der Waals surface area contributed by atoms with Gasteiger partial charge in [-0.1, -0.05) is 12.1 Å². The van der Waals surface area contributed by atoms with Gasteiger partial charge in [0, 0.05) is 0 Å². The van der Waals surface area contributed by atoms with Crippen molar-refractivity contribution in [2.24, 2.45) is 5.84 Å². The Kier molecular flexibility index (Phi) is 4.64. The van der Waals surface area contributed by atoms with Crippen LogP contribution in [0, 0.1) is 0 Å². The van der Waals surface area contributed by atoms with Gasteiger partial charge in [0.15, 0.2) is 0 Å². The minimum absolute atomic E-state index is 0.249. The minimum Gasteiger partial charge on any atom is -0.406 e. The van der Waals surface area contributed by atoms with E-state index in [0.29, 0.717) is 12.0 Å². The maximum absolute atomic E-state index is 12.2. The second-order valence-corrected chi connectivity index (χ2v) is 4.96. The van der Waals surface area contributed by atoms with Crippen molar-refractivity contribution in [3.8, 4) is 5.75 Å². The lowest BCUT2D eigenvalue weighted by atomic mass is 10.0. The van der Waals surface area contributed by atoms with Crippen molar-refractivity contribution >= 4 is 11.3 Å². The number of hydrogen-bond donors (Lipinski definition) is 2. The maximum Gasteiger partial charge on any atom is 0.573 e. The molecule has 7 heteroatoms. The molecule has 0 spiro atoms. The summed E-state index contributed by atoms with van der Waals surface area (Å²) in [6, 6.07) is 7.49. The lowest BCUT2D eigenvalue weighted by Crippen LogP contribution is -2.29. The first-order chi connectivity index (χ1) is 9.48. The number of benzene rings is 1. The first-order valence-corrected chi connectivity index (χ1v) is 6.75. The van der Waals surface area contributed by atoms with Gasteiger partial charge >= 0.3 is 6.36 Å². The van der Waals surface area contributed by atoms with E-state index in [0.717, 1.165) is 5.56 Å². The molecule has 108 valence electrons. The number of nitrogens with one attached hydrogen (secondary N) is 1. The molecule has 0 saturated heterocycles. The van der Waals surface area contributed by atoms with Gasteiger partial charge in [-0.05, 0) is 46.5 Å². The predicted molar refractivity (Wildman–Crippen MR) is 71.2 cm³/mol. The zero-order valence-corrected chi connectivity index (χ0v) is 11.2. The fraction of sp³-hybridized carbons (Fsp3) is 0.231. The summed E-state index contributed by atoms with van der Waals surface area (Å²) < 4.78 is 40.5. The molecular formula is C13H13F3N2OS. The second kappa shape index (κ2) is 6.25. The monoisotopic (exact) mass is 302 g/mol. The van der Waals surface area contributed by atoms with Gasteiger partial charge in [-0.25, -0.2) is 0 Å². The van der Waals surface area contributed by atoms with Crippen LogP contribution in [0.15, 0.2) is 41.1 Å². The fourth-order valence-corrected chi connectivity index (χ4v) is 2.53. The number of ether oxygens (including phenoxy) is 1. The van der Waals surface area contributed by atoms with Crippen molar-refractivity contribution in [1.82, 2.24) is 5.43 Å². The fourth-order valence-electron chi connectivity index (χ4n) is 1.85. The minimum atomic E-state index is -4.70. The van der Waals surface area contributed by atoms with E-state index in [2.05, 4.69) is 10.2 Å². The van der Waals surface area contributed by atoms with Crippen LogP contribution in [0.25, 0.3) is 0 Å². The Morgan fingerprint density at radius 1 is 1.30 bits per heavy atom. The van der Waals surface area contributed by atoms with Crippen molar-refractivity contribution in [3.63, 3.8) is 0 Å². The highest BCUT2D eigenvalue weighted by Gasteiger charge is 2.31. The van der Waals surface area contributed by atoms with Crippen molar-refractivity contribution in [2.75, 3.05) is 0 Å². The number of alkyl halides is 3. The van der Waals surface area contributed by atoms with Crippen LogP contribution in [0.3, 0.4) is 0 Å². The lowest BCUT2D eigenvalue weighted by molar-refractivity contribution is -0.274. The maximum atomic E-state index is 12.2. The highest BCUT2D eigenvalue weighted by molar-refractivity contribution is 7.07. The zero-order valence-electron chi connectivity index (χ0n) is 10.4. The molecule has 0 aliphatic rings. The average molecular weight is 302 g/mol. The molecule has 2 aromatic rings. The quantitative estimate of drug-likeness (QED) is 0.657. The van der Waals surface area contributed by atoms with Crippen LogP contribution in [0.4, 0.5) is 13.2 Å². The van der Waals surface area contributed by atoms with E-state index < -0.39 is 6.36 Å². The topological polar surface area (TPSA) is 47.3 Å². The number of halogens is 3. The summed E-state index contributed by atoms with van der Waals surface area (Å²) in [6.07, 6.45) is -4.10. The second-order valence-electron chi connectivity index (χ2n) is 4.18. The first-order valence-electron chi connectivity index (χ1n) is 5.81. The molecule has 0 aliphatic heterocycles. The summed E-state index contributed by atoms with van der Waals surface area (Å²) in [5.74, 6) is 5.24. The largest absolute Gasteiger partial charge is 0.573 e. The predicted octanol–water partition coefficient (Wildman–Crippen LogP) is 3.39. The smallest absolute Gasteiger partial charge is 0.406 e. The molecule has 0 aliphatic carbocycles. The average Bonchev–Trinajstić information content (AvgIpc) is 2.87. The molecule has 1 heterocycles. The molecule has 0 bridgehead atoms. The number of rotatable bonds is 5. The standard InChI is InChI=1S/C13H13F3N2OS/c14-13(15,16)19-11-3-1-2-10(7-11)12(18-17)6-9-4-5-20-8-9/h1-5,7-8,12,18H,6,17H2. The van der Waals surface area contributed by atoms with Crippen molar-refractivity contribution in [3.05, 3.63) is 52.2 Å². The SMILES string of the molecule is NNC(Cc1ccsc1)c1cccc(OC(F)(F)F)c1. The van der Waals surface area contributed by atoms with Gasteiger partial charge in [0.25, 0.3) is 0 Å². The van der Waals surface area contributed by atoms with Crippen molar-refractivity contribution in [1.29, 1.82) is 0 Å². The molecule has 2 rings (SSSR count). The summed E-state index contributed by atoms with van der Waals surface area (Å²) in [7, 11) is 0. The van der Waals surface area contributed by atoms with E-state index >= 15 is 0 Å². The molecule has 0 radical (unpaired) electrons. The summed E-state index contributed by atoms with van der Waals surface area (Å²) in [4.78, 5) is 0. The Balaban J connectivity index is 2.15. The van der Waals surface area contributed by atoms with Crippen LogP contribution < -0.4 is 16.0 Å². The van der Waals surface area contributed by atoms with E-state index in [4.69, 9.17) is 5.84 Å². The molecule has 1 aromatic carbocycles. The number of hydrazine groups is 1. The van der Waals surface area contributed by atoms with E-state index in [9.17, 15) is 13.2 Å². The Bertz CT molecular complexity index is 543. The third kappa shape index (κ3) is 4.22. The summed E-state index contributed by atoms with van der Waals surface area (Å²) in [5.41, 5.74) is 4.32. The Labute approximate surface area is 118 Å². The lowest BCUT2D eigenvalue weighted by Gasteiger charge is -2.17. The van der Waals surface area contributed by atoms with E-state index in [1.54, 1.807) is 17.4 Å². The first kappa shape index (κ1) is 14.8. The molecule has 1 atom stereocenters. The van der Waals surface area contributed by atoms with Crippen molar-refractivity contribution < 1.29 is 17.9 Å². The van der Waals surface area contributed by atoms with Gasteiger partial charge in [0.1, 0.15) is 5.75 Å². The van der Waals surface area contributed by atoms with Gasteiger partial charge in [0.2, 0.25) is 0 Å². The zero-order chi connectivity index (χ0) is 14.6. The summed E-state index contributed by atoms with van der Waals surface area (Å²) in [5, 5.41) is 3.91. The third-order valence-electron chi connectivity index (χ3n) is 2.72. The molecule has 20 heavy (non-hydrogen) atoms. The Hall–Kier alpha value is -1.57. The molecule has 3 nitrogen and oxygen atoms in total. The molecule has 0 saturated carbocycles. The van der Waals surface area contributed by atoms with Crippen LogP contribution in [-0.2, 0) is 6.42 Å². The third-order valence-corrected chi connectivity index (χ3v) is 3.45. The van der Waals surface area contributed by atoms with E-state index in [1.807, 2.05) is 16.8 Å². The molecule has 1 unspecified atom stereocenters. The van der Waals surface area contributed by atoms with Crippen molar-refractivity contribution in [2.45, 2.75) is 18.8 Å². The van der Waals surface area contributed by atoms with Crippen LogP contribution in [0.1, 0.15) is 17.2 Å². The molecule has 0 amide bonds.